The molecule has 1 saturated heterocycles. The molecule has 82 valence electrons. The lowest BCUT2D eigenvalue weighted by atomic mass is 10.1. The number of hydrogen-bond acceptors (Lipinski definition) is 4. The van der Waals surface area contributed by atoms with E-state index in [9.17, 15) is 5.11 Å². The van der Waals surface area contributed by atoms with Gasteiger partial charge in [0.2, 0.25) is 0 Å². The van der Waals surface area contributed by atoms with E-state index >= 15 is 0 Å². The van der Waals surface area contributed by atoms with E-state index in [1.54, 1.807) is 6.07 Å². The number of aliphatic hydroxyl groups is 1. The molecule has 0 saturated carbocycles. The van der Waals surface area contributed by atoms with E-state index in [0.29, 0.717) is 0 Å². The van der Waals surface area contributed by atoms with Gasteiger partial charge in [0, 0.05) is 26.2 Å². The van der Waals surface area contributed by atoms with Crippen molar-refractivity contribution in [3.63, 3.8) is 0 Å². The number of rotatable bonds is 2. The van der Waals surface area contributed by atoms with Gasteiger partial charge in [-0.05, 0) is 17.7 Å². The van der Waals surface area contributed by atoms with Gasteiger partial charge in [-0.3, -0.25) is 0 Å². The maximum absolute atomic E-state index is 9.80. The van der Waals surface area contributed by atoms with Crippen molar-refractivity contribution in [3.8, 4) is 5.75 Å². The van der Waals surface area contributed by atoms with Crippen LogP contribution in [0.5, 0.6) is 5.75 Å². The molecule has 15 heavy (non-hydrogen) atoms. The minimum atomic E-state index is -0.0323. The molecule has 0 bridgehead atoms. The SMILES string of the molecule is OCc1ccc(N2CCNCC2)c(O)c1. The van der Waals surface area contributed by atoms with Crippen molar-refractivity contribution in [2.24, 2.45) is 0 Å². The summed E-state index contributed by atoms with van der Waals surface area (Å²) in [6.45, 7) is 3.68. The van der Waals surface area contributed by atoms with Gasteiger partial charge in [-0.25, -0.2) is 0 Å². The number of nitrogens with one attached hydrogen (secondary N) is 1. The van der Waals surface area contributed by atoms with Gasteiger partial charge in [0.1, 0.15) is 5.75 Å². The third-order valence-electron chi connectivity index (χ3n) is 2.68. The number of phenolic OH excluding ortho intramolecular Hbond substituents is 1. The molecule has 0 atom stereocenters. The van der Waals surface area contributed by atoms with Gasteiger partial charge in [0.05, 0.1) is 12.3 Å². The van der Waals surface area contributed by atoms with Crippen LogP contribution in [0.25, 0.3) is 0 Å². The first kappa shape index (κ1) is 10.3. The van der Waals surface area contributed by atoms with Crippen LogP contribution >= 0.6 is 0 Å². The summed E-state index contributed by atoms with van der Waals surface area (Å²) in [5.41, 5.74) is 1.60. The average molecular weight is 208 g/mol. The van der Waals surface area contributed by atoms with Crippen LogP contribution in [0.15, 0.2) is 18.2 Å². The lowest BCUT2D eigenvalue weighted by molar-refractivity contribution is 0.281. The molecule has 2 rings (SSSR count). The van der Waals surface area contributed by atoms with Gasteiger partial charge < -0.3 is 20.4 Å². The molecule has 1 aromatic carbocycles. The second-order valence-corrected chi connectivity index (χ2v) is 3.72. The molecule has 0 aromatic heterocycles. The van der Waals surface area contributed by atoms with Crippen molar-refractivity contribution in [2.45, 2.75) is 6.61 Å². The number of piperazine rings is 1. The van der Waals surface area contributed by atoms with Crippen molar-refractivity contribution < 1.29 is 10.2 Å². The van der Waals surface area contributed by atoms with Gasteiger partial charge >= 0.3 is 0 Å². The minimum Gasteiger partial charge on any atom is -0.506 e. The first-order valence-corrected chi connectivity index (χ1v) is 5.19. The second kappa shape index (κ2) is 4.51. The summed E-state index contributed by atoms with van der Waals surface area (Å²) in [6, 6.07) is 5.33. The molecule has 0 amide bonds. The standard InChI is InChI=1S/C11H16N2O2/c14-8-9-1-2-10(11(15)7-9)13-5-3-12-4-6-13/h1-2,7,12,14-15H,3-6,8H2. The van der Waals surface area contributed by atoms with E-state index in [1.165, 1.54) is 0 Å². The molecular weight excluding hydrogens is 192 g/mol. The molecular formula is C11H16N2O2. The molecule has 3 N–H and O–H groups in total. The largest absolute Gasteiger partial charge is 0.506 e. The first-order valence-electron chi connectivity index (χ1n) is 5.19. The Hall–Kier alpha value is -1.26. The van der Waals surface area contributed by atoms with Crippen LogP contribution in [0, 0.1) is 0 Å². The summed E-state index contributed by atoms with van der Waals surface area (Å²) in [6.07, 6.45) is 0. The third-order valence-corrected chi connectivity index (χ3v) is 2.68. The van der Waals surface area contributed by atoms with Crippen LogP contribution < -0.4 is 10.2 Å². The summed E-state index contributed by atoms with van der Waals surface area (Å²) < 4.78 is 0. The van der Waals surface area contributed by atoms with E-state index in [1.807, 2.05) is 12.1 Å². The van der Waals surface area contributed by atoms with E-state index < -0.39 is 0 Å². The maximum Gasteiger partial charge on any atom is 0.139 e. The molecule has 0 aliphatic carbocycles. The fraction of sp³-hybridized carbons (Fsp3) is 0.455. The smallest absolute Gasteiger partial charge is 0.139 e. The molecule has 1 aliphatic rings. The van der Waals surface area contributed by atoms with Crippen molar-refractivity contribution in [1.82, 2.24) is 5.32 Å². The molecule has 0 radical (unpaired) electrons. The Bertz CT molecular complexity index is 335. The lowest BCUT2D eigenvalue weighted by Crippen LogP contribution is -2.43. The van der Waals surface area contributed by atoms with E-state index in [-0.39, 0.29) is 12.4 Å². The highest BCUT2D eigenvalue weighted by Gasteiger charge is 2.13. The minimum absolute atomic E-state index is 0.0323. The predicted molar refractivity (Wildman–Crippen MR) is 59.1 cm³/mol. The van der Waals surface area contributed by atoms with Crippen LogP contribution in [0.4, 0.5) is 5.69 Å². The lowest BCUT2D eigenvalue weighted by Gasteiger charge is -2.30. The number of aliphatic hydroxyl groups excluding tert-OH is 1. The molecule has 1 aliphatic heterocycles. The van der Waals surface area contributed by atoms with Gasteiger partial charge in [-0.15, -0.1) is 0 Å². The summed E-state index contributed by atoms with van der Waals surface area (Å²) >= 11 is 0. The summed E-state index contributed by atoms with van der Waals surface area (Å²) in [7, 11) is 0. The van der Waals surface area contributed by atoms with Crippen LogP contribution in [0.2, 0.25) is 0 Å². The molecule has 1 aromatic rings. The molecule has 4 nitrogen and oxygen atoms in total. The Balaban J connectivity index is 2.19. The molecule has 4 heteroatoms. The Morgan fingerprint density at radius 3 is 2.60 bits per heavy atom. The quantitative estimate of drug-likeness (QED) is 0.654. The van der Waals surface area contributed by atoms with Crippen LogP contribution in [0.3, 0.4) is 0 Å². The zero-order chi connectivity index (χ0) is 10.7. The highest BCUT2D eigenvalue weighted by molar-refractivity contribution is 5.59. The van der Waals surface area contributed by atoms with Crippen molar-refractivity contribution in [2.75, 3.05) is 31.1 Å². The van der Waals surface area contributed by atoms with Gasteiger partial charge in [0.15, 0.2) is 0 Å². The van der Waals surface area contributed by atoms with E-state index in [0.717, 1.165) is 37.4 Å². The average Bonchev–Trinajstić information content (AvgIpc) is 2.30. The zero-order valence-corrected chi connectivity index (χ0v) is 8.61. The number of nitrogens with zero attached hydrogens (tertiary/aromatic N) is 1. The number of aromatic hydroxyl groups is 1. The van der Waals surface area contributed by atoms with E-state index in [4.69, 9.17) is 5.11 Å². The Morgan fingerprint density at radius 1 is 1.27 bits per heavy atom. The Labute approximate surface area is 89.1 Å². The molecule has 1 heterocycles. The van der Waals surface area contributed by atoms with Crippen molar-refractivity contribution in [1.29, 1.82) is 0 Å². The summed E-state index contributed by atoms with van der Waals surface area (Å²) in [5.74, 6) is 0.253. The van der Waals surface area contributed by atoms with Gasteiger partial charge in [0.25, 0.3) is 0 Å². The second-order valence-electron chi connectivity index (χ2n) is 3.72. The number of phenols is 1. The maximum atomic E-state index is 9.80. The van der Waals surface area contributed by atoms with Crippen LogP contribution in [-0.2, 0) is 6.61 Å². The summed E-state index contributed by atoms with van der Waals surface area (Å²) in [5, 5.41) is 22.0. The first-order chi connectivity index (χ1) is 7.31. The predicted octanol–water partition coefficient (Wildman–Crippen LogP) is 0.294. The molecule has 0 spiro atoms. The fourth-order valence-corrected chi connectivity index (χ4v) is 1.84. The van der Waals surface area contributed by atoms with Crippen molar-refractivity contribution >= 4 is 5.69 Å². The van der Waals surface area contributed by atoms with Crippen molar-refractivity contribution in [3.05, 3.63) is 23.8 Å². The fourth-order valence-electron chi connectivity index (χ4n) is 1.84. The van der Waals surface area contributed by atoms with Crippen LogP contribution in [-0.4, -0.2) is 36.4 Å². The van der Waals surface area contributed by atoms with Crippen LogP contribution in [0.1, 0.15) is 5.56 Å². The normalized spacial score (nSPS) is 16.7. The monoisotopic (exact) mass is 208 g/mol. The number of hydrogen-bond donors (Lipinski definition) is 3. The summed E-state index contributed by atoms with van der Waals surface area (Å²) in [4.78, 5) is 2.15. The topological polar surface area (TPSA) is 55.7 Å². The highest BCUT2D eigenvalue weighted by Crippen LogP contribution is 2.28. The highest BCUT2D eigenvalue weighted by atomic mass is 16.3. The van der Waals surface area contributed by atoms with Gasteiger partial charge in [-0.2, -0.15) is 0 Å². The Kier molecular flexibility index (Phi) is 3.08. The van der Waals surface area contributed by atoms with E-state index in [2.05, 4.69) is 10.2 Å². The zero-order valence-electron chi connectivity index (χ0n) is 8.61. The molecule has 0 unspecified atom stereocenters. The number of benzene rings is 1. The molecule has 1 fully saturated rings. The third kappa shape index (κ3) is 2.22. The number of anilines is 1. The van der Waals surface area contributed by atoms with Gasteiger partial charge in [-0.1, -0.05) is 6.07 Å². The Morgan fingerprint density at radius 2 is 2.00 bits per heavy atom.